The lowest BCUT2D eigenvalue weighted by Crippen LogP contribution is -2.31. The third-order valence-electron chi connectivity index (χ3n) is 3.52. The highest BCUT2D eigenvalue weighted by Crippen LogP contribution is 2.08. The van der Waals surface area contributed by atoms with Gasteiger partial charge in [-0.2, -0.15) is 10.2 Å². The lowest BCUT2D eigenvalue weighted by Gasteiger charge is -2.08. The SMILES string of the molecule is Cc1ccn(-c2cc(NCCNC(=O)c3ccc(=O)n(C)n3)ncn2)n1. The maximum absolute atomic E-state index is 12.0. The number of carbonyl (C=O) groups excluding carboxylic acids is 1. The molecule has 134 valence electrons. The monoisotopic (exact) mass is 354 g/mol. The number of nitrogens with zero attached hydrogens (tertiary/aromatic N) is 6. The highest BCUT2D eigenvalue weighted by Gasteiger charge is 2.08. The number of aryl methyl sites for hydroxylation is 2. The van der Waals surface area contributed by atoms with Gasteiger partial charge in [0, 0.05) is 38.5 Å². The topological polar surface area (TPSA) is 120 Å². The average Bonchev–Trinajstić information content (AvgIpc) is 3.07. The summed E-state index contributed by atoms with van der Waals surface area (Å²) < 4.78 is 2.78. The number of carbonyl (C=O) groups is 1. The van der Waals surface area contributed by atoms with E-state index in [-0.39, 0.29) is 17.2 Å². The highest BCUT2D eigenvalue weighted by molar-refractivity contribution is 5.91. The number of anilines is 1. The molecule has 0 unspecified atom stereocenters. The van der Waals surface area contributed by atoms with Crippen molar-refractivity contribution in [3.63, 3.8) is 0 Å². The summed E-state index contributed by atoms with van der Waals surface area (Å²) in [6, 6.07) is 6.36. The first-order valence-electron chi connectivity index (χ1n) is 7.94. The average molecular weight is 354 g/mol. The van der Waals surface area contributed by atoms with Crippen LogP contribution in [0.3, 0.4) is 0 Å². The fourth-order valence-electron chi connectivity index (χ4n) is 2.19. The Balaban J connectivity index is 1.53. The van der Waals surface area contributed by atoms with Gasteiger partial charge in [0.25, 0.3) is 11.5 Å². The van der Waals surface area contributed by atoms with Crippen molar-refractivity contribution in [3.05, 3.63) is 58.5 Å². The van der Waals surface area contributed by atoms with Gasteiger partial charge in [-0.3, -0.25) is 9.59 Å². The molecule has 0 aliphatic carbocycles. The fraction of sp³-hybridized carbons (Fsp3) is 0.250. The van der Waals surface area contributed by atoms with Gasteiger partial charge in [-0.25, -0.2) is 19.3 Å². The predicted molar refractivity (Wildman–Crippen MR) is 94.2 cm³/mol. The first-order valence-corrected chi connectivity index (χ1v) is 7.94. The van der Waals surface area contributed by atoms with E-state index in [0.29, 0.717) is 24.7 Å². The van der Waals surface area contributed by atoms with Crippen molar-refractivity contribution in [2.24, 2.45) is 7.05 Å². The molecule has 3 rings (SSSR count). The van der Waals surface area contributed by atoms with Gasteiger partial charge in [0.05, 0.1) is 5.69 Å². The normalized spacial score (nSPS) is 10.5. The third-order valence-corrected chi connectivity index (χ3v) is 3.52. The standard InChI is InChI=1S/C16H18N8O2/c1-11-5-8-24(21-11)14-9-13(19-10-20-14)17-6-7-18-16(26)12-3-4-15(25)23(2)22-12/h3-5,8-10H,6-7H2,1-2H3,(H,18,26)(H,17,19,20). The maximum atomic E-state index is 12.0. The smallest absolute Gasteiger partial charge is 0.271 e. The molecular weight excluding hydrogens is 336 g/mol. The van der Waals surface area contributed by atoms with E-state index in [9.17, 15) is 9.59 Å². The second-order valence-corrected chi connectivity index (χ2v) is 5.53. The zero-order valence-electron chi connectivity index (χ0n) is 14.4. The first-order chi connectivity index (χ1) is 12.5. The van der Waals surface area contributed by atoms with Gasteiger partial charge in [-0.15, -0.1) is 0 Å². The molecular formula is C16H18N8O2. The molecule has 0 aromatic carbocycles. The lowest BCUT2D eigenvalue weighted by molar-refractivity contribution is 0.0948. The molecule has 0 atom stereocenters. The van der Waals surface area contributed by atoms with Crippen LogP contribution in [0, 0.1) is 6.92 Å². The molecule has 3 heterocycles. The second-order valence-electron chi connectivity index (χ2n) is 5.53. The van der Waals surface area contributed by atoms with E-state index >= 15 is 0 Å². The van der Waals surface area contributed by atoms with Crippen molar-refractivity contribution >= 4 is 11.7 Å². The van der Waals surface area contributed by atoms with Gasteiger partial charge in [-0.05, 0) is 19.1 Å². The number of hydrogen-bond acceptors (Lipinski definition) is 7. The van der Waals surface area contributed by atoms with Crippen LogP contribution >= 0.6 is 0 Å². The van der Waals surface area contributed by atoms with E-state index in [1.54, 1.807) is 10.7 Å². The summed E-state index contributed by atoms with van der Waals surface area (Å²) in [7, 11) is 1.49. The van der Waals surface area contributed by atoms with Crippen LogP contribution < -0.4 is 16.2 Å². The summed E-state index contributed by atoms with van der Waals surface area (Å²) >= 11 is 0. The molecule has 2 N–H and O–H groups in total. The predicted octanol–water partition coefficient (Wildman–Crippen LogP) is -0.0937. The van der Waals surface area contributed by atoms with Gasteiger partial charge < -0.3 is 10.6 Å². The Kier molecular flexibility index (Phi) is 5.02. The van der Waals surface area contributed by atoms with Gasteiger partial charge in [0.15, 0.2) is 5.82 Å². The molecule has 10 nitrogen and oxygen atoms in total. The van der Waals surface area contributed by atoms with Crippen molar-refractivity contribution < 1.29 is 4.79 Å². The van der Waals surface area contributed by atoms with Crippen LogP contribution in [0.2, 0.25) is 0 Å². The van der Waals surface area contributed by atoms with E-state index in [1.807, 2.05) is 19.2 Å². The van der Waals surface area contributed by atoms with E-state index in [0.717, 1.165) is 10.4 Å². The van der Waals surface area contributed by atoms with Crippen LogP contribution in [0.25, 0.3) is 5.82 Å². The Morgan fingerprint density at radius 2 is 2.00 bits per heavy atom. The van der Waals surface area contributed by atoms with Gasteiger partial charge in [0.2, 0.25) is 0 Å². The van der Waals surface area contributed by atoms with E-state index in [4.69, 9.17) is 0 Å². The lowest BCUT2D eigenvalue weighted by atomic mass is 10.3. The molecule has 0 aliphatic heterocycles. The van der Waals surface area contributed by atoms with E-state index < -0.39 is 0 Å². The fourth-order valence-corrected chi connectivity index (χ4v) is 2.19. The van der Waals surface area contributed by atoms with Crippen molar-refractivity contribution in [1.82, 2.24) is 34.8 Å². The third kappa shape index (κ3) is 4.09. The van der Waals surface area contributed by atoms with Crippen LogP contribution in [0.1, 0.15) is 16.2 Å². The molecule has 1 amide bonds. The Labute approximate surface area is 148 Å². The number of aromatic nitrogens is 6. The molecule has 0 saturated carbocycles. The van der Waals surface area contributed by atoms with Crippen LogP contribution in [-0.2, 0) is 7.05 Å². The number of rotatable bonds is 6. The van der Waals surface area contributed by atoms with Crippen LogP contribution in [0.4, 0.5) is 5.82 Å². The first kappa shape index (κ1) is 17.3. The summed E-state index contributed by atoms with van der Waals surface area (Å²) in [5, 5.41) is 14.0. The van der Waals surface area contributed by atoms with Crippen molar-refractivity contribution in [2.45, 2.75) is 6.92 Å². The summed E-state index contributed by atoms with van der Waals surface area (Å²) in [4.78, 5) is 31.6. The van der Waals surface area contributed by atoms with Crippen molar-refractivity contribution in [3.8, 4) is 5.82 Å². The van der Waals surface area contributed by atoms with Gasteiger partial charge in [-0.1, -0.05) is 0 Å². The summed E-state index contributed by atoms with van der Waals surface area (Å²) in [5.74, 6) is 0.921. The number of amides is 1. The van der Waals surface area contributed by atoms with Gasteiger partial charge >= 0.3 is 0 Å². The van der Waals surface area contributed by atoms with Crippen molar-refractivity contribution in [2.75, 3.05) is 18.4 Å². The molecule has 0 fully saturated rings. The summed E-state index contributed by atoms with van der Waals surface area (Å²) in [5.41, 5.74) is 0.813. The largest absolute Gasteiger partial charge is 0.368 e. The summed E-state index contributed by atoms with van der Waals surface area (Å²) in [6.45, 7) is 2.73. The minimum Gasteiger partial charge on any atom is -0.368 e. The number of hydrogen-bond donors (Lipinski definition) is 2. The highest BCUT2D eigenvalue weighted by atomic mass is 16.2. The number of nitrogens with one attached hydrogen (secondary N) is 2. The Morgan fingerprint density at radius 1 is 1.15 bits per heavy atom. The van der Waals surface area contributed by atoms with Crippen LogP contribution in [0.15, 0.2) is 41.6 Å². The molecule has 3 aromatic heterocycles. The van der Waals surface area contributed by atoms with Crippen LogP contribution in [0.5, 0.6) is 0 Å². The molecule has 3 aromatic rings. The quantitative estimate of drug-likeness (QED) is 0.594. The molecule has 26 heavy (non-hydrogen) atoms. The molecule has 10 heteroatoms. The zero-order chi connectivity index (χ0) is 18.5. The van der Waals surface area contributed by atoms with E-state index in [1.165, 1.54) is 25.5 Å². The Bertz CT molecular complexity index is 978. The molecule has 0 saturated heterocycles. The van der Waals surface area contributed by atoms with Crippen LogP contribution in [-0.4, -0.2) is 48.5 Å². The zero-order valence-corrected chi connectivity index (χ0v) is 14.4. The maximum Gasteiger partial charge on any atom is 0.271 e. The van der Waals surface area contributed by atoms with Crippen molar-refractivity contribution in [1.29, 1.82) is 0 Å². The molecule has 0 bridgehead atoms. The molecule has 0 aliphatic rings. The Hall–Kier alpha value is -3.56. The molecule has 0 radical (unpaired) electrons. The minimum atomic E-state index is -0.349. The second kappa shape index (κ2) is 7.55. The van der Waals surface area contributed by atoms with E-state index in [2.05, 4.69) is 30.8 Å². The Morgan fingerprint density at radius 3 is 2.73 bits per heavy atom. The summed E-state index contributed by atoms with van der Waals surface area (Å²) in [6.07, 6.45) is 3.27. The molecule has 0 spiro atoms. The van der Waals surface area contributed by atoms with Gasteiger partial charge in [0.1, 0.15) is 17.8 Å². The minimum absolute atomic E-state index is 0.186.